The summed E-state index contributed by atoms with van der Waals surface area (Å²) in [5, 5.41) is 17.4. The summed E-state index contributed by atoms with van der Waals surface area (Å²) in [6.07, 6.45) is 0. The average Bonchev–Trinajstić information content (AvgIpc) is 3.14. The lowest BCUT2D eigenvalue weighted by molar-refractivity contribution is -0.389. The fourth-order valence-corrected chi connectivity index (χ4v) is 3.58. The number of aryl methyl sites for hydroxylation is 1. The van der Waals surface area contributed by atoms with Crippen molar-refractivity contribution in [3.05, 3.63) is 37.9 Å². The Morgan fingerprint density at radius 1 is 1.43 bits per heavy atom. The SMILES string of the molecule is COC(=O)c1c(NC(=O)C(C)Cn2nc([N+](=O)[O-])cc2C)sc(C(N)=O)c1C. The molecule has 2 aromatic rings. The van der Waals surface area contributed by atoms with Crippen LogP contribution in [0.5, 0.6) is 0 Å². The topological polar surface area (TPSA) is 159 Å². The first kappa shape index (κ1) is 21.0. The van der Waals surface area contributed by atoms with Crippen LogP contribution >= 0.6 is 11.3 Å². The van der Waals surface area contributed by atoms with E-state index < -0.39 is 28.6 Å². The van der Waals surface area contributed by atoms with Gasteiger partial charge in [0.1, 0.15) is 5.00 Å². The molecule has 28 heavy (non-hydrogen) atoms. The fourth-order valence-electron chi connectivity index (χ4n) is 2.53. The fraction of sp³-hybridized carbons (Fsp3) is 0.375. The Bertz CT molecular complexity index is 963. The number of carbonyl (C=O) groups excluding carboxylic acids is 3. The lowest BCUT2D eigenvalue weighted by atomic mass is 10.1. The maximum Gasteiger partial charge on any atom is 0.390 e. The zero-order chi connectivity index (χ0) is 21.2. The molecule has 0 fully saturated rings. The first-order chi connectivity index (χ1) is 13.1. The quantitative estimate of drug-likeness (QED) is 0.399. The van der Waals surface area contributed by atoms with E-state index in [9.17, 15) is 24.5 Å². The second kappa shape index (κ2) is 8.17. The Hall–Kier alpha value is -3.28. The Kier molecular flexibility index (Phi) is 6.13. The number of thiophene rings is 1. The molecule has 2 aromatic heterocycles. The third kappa shape index (κ3) is 4.17. The van der Waals surface area contributed by atoms with E-state index in [1.807, 2.05) is 0 Å². The van der Waals surface area contributed by atoms with Crippen molar-refractivity contribution in [2.75, 3.05) is 12.4 Å². The molecule has 0 aliphatic rings. The number of aromatic nitrogens is 2. The van der Waals surface area contributed by atoms with E-state index in [-0.39, 0.29) is 27.8 Å². The lowest BCUT2D eigenvalue weighted by Gasteiger charge is -2.11. The number of nitrogens with one attached hydrogen (secondary N) is 1. The van der Waals surface area contributed by atoms with Gasteiger partial charge in [-0.2, -0.15) is 4.68 Å². The molecule has 0 spiro atoms. The molecule has 3 N–H and O–H groups in total. The van der Waals surface area contributed by atoms with Gasteiger partial charge < -0.3 is 25.9 Å². The molecule has 0 radical (unpaired) electrons. The largest absolute Gasteiger partial charge is 0.465 e. The number of nitro groups is 1. The summed E-state index contributed by atoms with van der Waals surface area (Å²) in [6, 6.07) is 1.31. The first-order valence-electron chi connectivity index (χ1n) is 8.08. The molecular weight excluding hydrogens is 390 g/mol. The van der Waals surface area contributed by atoms with Gasteiger partial charge in [0.15, 0.2) is 0 Å². The molecule has 12 heteroatoms. The van der Waals surface area contributed by atoms with Crippen molar-refractivity contribution in [1.82, 2.24) is 9.78 Å². The lowest BCUT2D eigenvalue weighted by Crippen LogP contribution is -2.25. The normalized spacial score (nSPS) is 11.7. The van der Waals surface area contributed by atoms with Crippen LogP contribution in [-0.4, -0.2) is 39.6 Å². The summed E-state index contributed by atoms with van der Waals surface area (Å²) >= 11 is 0.882. The molecule has 0 aliphatic carbocycles. The number of hydrogen-bond acceptors (Lipinski definition) is 8. The Labute approximate surface area is 163 Å². The monoisotopic (exact) mass is 409 g/mol. The molecule has 150 valence electrons. The maximum atomic E-state index is 12.6. The summed E-state index contributed by atoms with van der Waals surface area (Å²) in [7, 11) is 1.19. The highest BCUT2D eigenvalue weighted by molar-refractivity contribution is 7.18. The van der Waals surface area contributed by atoms with E-state index in [0.717, 1.165) is 11.3 Å². The standard InChI is InChI=1S/C16H19N5O6S/c1-7(6-20-8(2)5-10(19-20)21(25)26)14(23)18-15-11(16(24)27-4)9(3)12(28-15)13(17)22/h5,7H,6H2,1-4H3,(H2,17,22)(H,18,23). The van der Waals surface area contributed by atoms with Crippen molar-refractivity contribution in [3.8, 4) is 0 Å². The van der Waals surface area contributed by atoms with Crippen LogP contribution in [-0.2, 0) is 16.1 Å². The number of ether oxygens (including phenoxy) is 1. The molecule has 1 unspecified atom stereocenters. The minimum atomic E-state index is -0.722. The number of primary amides is 1. The van der Waals surface area contributed by atoms with Gasteiger partial charge >= 0.3 is 11.8 Å². The number of nitrogens with two attached hydrogens (primary N) is 1. The number of rotatable bonds is 7. The van der Waals surface area contributed by atoms with Crippen LogP contribution in [0.15, 0.2) is 6.07 Å². The van der Waals surface area contributed by atoms with Crippen molar-refractivity contribution in [1.29, 1.82) is 0 Å². The highest BCUT2D eigenvalue weighted by atomic mass is 32.1. The summed E-state index contributed by atoms with van der Waals surface area (Å²) < 4.78 is 6.08. The highest BCUT2D eigenvalue weighted by Gasteiger charge is 2.27. The number of amides is 2. The molecule has 2 heterocycles. The molecule has 0 aliphatic heterocycles. The predicted octanol–water partition coefficient (Wildman–Crippen LogP) is 1.63. The smallest absolute Gasteiger partial charge is 0.390 e. The zero-order valence-electron chi connectivity index (χ0n) is 15.6. The predicted molar refractivity (Wildman–Crippen MR) is 100 cm³/mol. The van der Waals surface area contributed by atoms with Gasteiger partial charge in [-0.15, -0.1) is 11.3 Å². The van der Waals surface area contributed by atoms with Crippen LogP contribution in [0.4, 0.5) is 10.8 Å². The maximum absolute atomic E-state index is 12.6. The van der Waals surface area contributed by atoms with Gasteiger partial charge in [0.2, 0.25) is 5.91 Å². The van der Waals surface area contributed by atoms with Crippen molar-refractivity contribution in [2.24, 2.45) is 11.7 Å². The van der Waals surface area contributed by atoms with Gasteiger partial charge in [0.25, 0.3) is 5.91 Å². The third-order valence-electron chi connectivity index (χ3n) is 4.05. The van der Waals surface area contributed by atoms with E-state index in [4.69, 9.17) is 10.5 Å². The molecule has 0 saturated carbocycles. The number of carbonyl (C=O) groups is 3. The van der Waals surface area contributed by atoms with Gasteiger partial charge in [-0.3, -0.25) is 9.59 Å². The Morgan fingerprint density at radius 3 is 2.57 bits per heavy atom. The van der Waals surface area contributed by atoms with Crippen LogP contribution in [0.1, 0.15) is 38.2 Å². The van der Waals surface area contributed by atoms with E-state index in [1.54, 1.807) is 13.8 Å². The van der Waals surface area contributed by atoms with Gasteiger partial charge in [0.05, 0.1) is 46.9 Å². The van der Waals surface area contributed by atoms with Crippen LogP contribution in [0.3, 0.4) is 0 Å². The van der Waals surface area contributed by atoms with Crippen LogP contribution in [0.25, 0.3) is 0 Å². The Balaban J connectivity index is 2.24. The molecule has 2 amide bonds. The van der Waals surface area contributed by atoms with Gasteiger partial charge in [0, 0.05) is 0 Å². The summed E-state index contributed by atoms with van der Waals surface area (Å²) in [4.78, 5) is 46.5. The average molecular weight is 409 g/mol. The minimum absolute atomic E-state index is 0.0627. The Morgan fingerprint density at radius 2 is 2.07 bits per heavy atom. The number of hydrogen-bond donors (Lipinski definition) is 2. The molecule has 11 nitrogen and oxygen atoms in total. The summed E-state index contributed by atoms with van der Waals surface area (Å²) in [5.41, 5.74) is 6.23. The molecule has 0 bridgehead atoms. The number of anilines is 1. The second-order valence-electron chi connectivity index (χ2n) is 6.09. The molecular formula is C16H19N5O6S. The van der Waals surface area contributed by atoms with Gasteiger partial charge in [-0.25, -0.2) is 4.79 Å². The molecule has 1 atom stereocenters. The number of esters is 1. The van der Waals surface area contributed by atoms with Gasteiger partial charge in [-0.05, 0) is 24.3 Å². The second-order valence-corrected chi connectivity index (χ2v) is 7.11. The van der Waals surface area contributed by atoms with Crippen molar-refractivity contribution < 1.29 is 24.0 Å². The zero-order valence-corrected chi connectivity index (χ0v) is 16.5. The van der Waals surface area contributed by atoms with E-state index in [2.05, 4.69) is 10.4 Å². The summed E-state index contributed by atoms with van der Waals surface area (Å²) in [5.74, 6) is -2.83. The first-order valence-corrected chi connectivity index (χ1v) is 8.89. The van der Waals surface area contributed by atoms with Crippen molar-refractivity contribution in [3.63, 3.8) is 0 Å². The van der Waals surface area contributed by atoms with E-state index in [0.29, 0.717) is 11.3 Å². The third-order valence-corrected chi connectivity index (χ3v) is 5.27. The van der Waals surface area contributed by atoms with E-state index >= 15 is 0 Å². The minimum Gasteiger partial charge on any atom is -0.465 e. The highest BCUT2D eigenvalue weighted by Crippen LogP contribution is 2.33. The molecule has 2 rings (SSSR count). The van der Waals surface area contributed by atoms with Crippen molar-refractivity contribution in [2.45, 2.75) is 27.3 Å². The molecule has 0 saturated heterocycles. The van der Waals surface area contributed by atoms with E-state index in [1.165, 1.54) is 24.8 Å². The van der Waals surface area contributed by atoms with Crippen LogP contribution in [0, 0.1) is 29.9 Å². The van der Waals surface area contributed by atoms with Gasteiger partial charge in [-0.1, -0.05) is 6.92 Å². The van der Waals surface area contributed by atoms with Crippen LogP contribution in [0.2, 0.25) is 0 Å². The number of methoxy groups -OCH3 is 1. The number of nitrogens with zero attached hydrogens (tertiary/aromatic N) is 3. The van der Waals surface area contributed by atoms with Crippen LogP contribution < -0.4 is 11.1 Å². The van der Waals surface area contributed by atoms with Crippen molar-refractivity contribution >= 4 is 39.9 Å². The molecule has 0 aromatic carbocycles. The summed E-state index contributed by atoms with van der Waals surface area (Å²) in [6.45, 7) is 4.87.